The van der Waals surface area contributed by atoms with Crippen LogP contribution in [0.25, 0.3) is 0 Å². The van der Waals surface area contributed by atoms with Crippen LogP contribution in [-0.4, -0.2) is 47.8 Å². The van der Waals surface area contributed by atoms with Crippen LogP contribution in [0.3, 0.4) is 0 Å². The molecule has 1 heterocycles. The third-order valence-electron chi connectivity index (χ3n) is 2.39. The molecule has 0 unspecified atom stereocenters. The quantitative estimate of drug-likeness (QED) is 0.535. The Morgan fingerprint density at radius 3 is 1.54 bits per heavy atom. The van der Waals surface area contributed by atoms with E-state index in [0.717, 1.165) is 19.5 Å². The van der Waals surface area contributed by atoms with Crippen LogP contribution in [-0.2, 0) is 9.59 Å². The van der Waals surface area contributed by atoms with Gasteiger partial charge in [0.2, 0.25) is 11.8 Å². The first-order chi connectivity index (χ1) is 6.11. The Morgan fingerprint density at radius 1 is 0.846 bits per heavy atom. The van der Waals surface area contributed by atoms with Crippen molar-refractivity contribution in [3.8, 4) is 0 Å². The number of rotatable bonds is 0. The van der Waals surface area contributed by atoms with Crippen molar-refractivity contribution >= 4 is 11.8 Å². The number of carbonyl (C=O) groups excluding carboxylic acids is 2. The van der Waals surface area contributed by atoms with Gasteiger partial charge in [-0.2, -0.15) is 0 Å². The third kappa shape index (κ3) is 2.72. The van der Waals surface area contributed by atoms with Gasteiger partial charge in [-0.25, -0.2) is 0 Å². The highest BCUT2D eigenvalue weighted by Gasteiger charge is 2.17. The van der Waals surface area contributed by atoms with Crippen molar-refractivity contribution in [1.82, 2.24) is 9.80 Å². The monoisotopic (exact) mass is 184 g/mol. The maximum atomic E-state index is 11.1. The second-order valence-electron chi connectivity index (χ2n) is 3.37. The summed E-state index contributed by atoms with van der Waals surface area (Å²) in [5.74, 6) is 0.204. The SMILES string of the molecule is CC(=O)N1CCCN(C(C)=O)CC1. The van der Waals surface area contributed by atoms with E-state index < -0.39 is 0 Å². The van der Waals surface area contributed by atoms with Gasteiger partial charge < -0.3 is 9.80 Å². The van der Waals surface area contributed by atoms with E-state index in [0.29, 0.717) is 13.1 Å². The smallest absolute Gasteiger partial charge is 0.219 e. The van der Waals surface area contributed by atoms with Crippen molar-refractivity contribution in [1.29, 1.82) is 0 Å². The minimum Gasteiger partial charge on any atom is -0.341 e. The molecule has 0 aromatic carbocycles. The van der Waals surface area contributed by atoms with E-state index in [1.807, 2.05) is 0 Å². The van der Waals surface area contributed by atoms with Crippen LogP contribution in [0.15, 0.2) is 0 Å². The highest BCUT2D eigenvalue weighted by Crippen LogP contribution is 2.03. The van der Waals surface area contributed by atoms with Crippen molar-refractivity contribution < 1.29 is 9.59 Å². The van der Waals surface area contributed by atoms with Crippen molar-refractivity contribution in [2.24, 2.45) is 0 Å². The van der Waals surface area contributed by atoms with Gasteiger partial charge in [0.05, 0.1) is 0 Å². The summed E-state index contributed by atoms with van der Waals surface area (Å²) in [7, 11) is 0. The summed E-state index contributed by atoms with van der Waals surface area (Å²) in [6.45, 7) is 6.05. The largest absolute Gasteiger partial charge is 0.341 e. The predicted octanol–water partition coefficient (Wildman–Crippen LogP) is 0.0871. The number of amides is 2. The van der Waals surface area contributed by atoms with Crippen LogP contribution in [0.5, 0.6) is 0 Å². The first-order valence-electron chi connectivity index (χ1n) is 4.62. The van der Waals surface area contributed by atoms with E-state index in [-0.39, 0.29) is 11.8 Å². The van der Waals surface area contributed by atoms with Crippen LogP contribution in [0.4, 0.5) is 0 Å². The molecular weight excluding hydrogens is 168 g/mol. The fourth-order valence-electron chi connectivity index (χ4n) is 1.55. The van der Waals surface area contributed by atoms with E-state index in [4.69, 9.17) is 0 Å². The summed E-state index contributed by atoms with van der Waals surface area (Å²) >= 11 is 0. The maximum absolute atomic E-state index is 11.1. The van der Waals surface area contributed by atoms with Gasteiger partial charge in [-0.1, -0.05) is 0 Å². The molecule has 4 nitrogen and oxygen atoms in total. The van der Waals surface area contributed by atoms with Crippen LogP contribution >= 0.6 is 0 Å². The molecule has 2 amide bonds. The second kappa shape index (κ2) is 4.25. The van der Waals surface area contributed by atoms with Crippen LogP contribution in [0.2, 0.25) is 0 Å². The zero-order valence-corrected chi connectivity index (χ0v) is 8.25. The Labute approximate surface area is 78.5 Å². The lowest BCUT2D eigenvalue weighted by Gasteiger charge is -2.19. The van der Waals surface area contributed by atoms with Gasteiger partial charge in [0.15, 0.2) is 0 Å². The Balaban J connectivity index is 2.48. The Hall–Kier alpha value is -1.06. The summed E-state index contributed by atoms with van der Waals surface area (Å²) in [6, 6.07) is 0. The number of hydrogen-bond acceptors (Lipinski definition) is 2. The van der Waals surface area contributed by atoms with Gasteiger partial charge in [-0.05, 0) is 6.42 Å². The average Bonchev–Trinajstić information content (AvgIpc) is 2.27. The normalized spacial score (nSPS) is 18.3. The van der Waals surface area contributed by atoms with Gasteiger partial charge in [0.1, 0.15) is 0 Å². The highest BCUT2D eigenvalue weighted by molar-refractivity contribution is 5.74. The molecule has 1 fully saturated rings. The maximum Gasteiger partial charge on any atom is 0.219 e. The predicted molar refractivity (Wildman–Crippen MR) is 49.1 cm³/mol. The molecule has 0 aromatic heterocycles. The number of nitrogens with zero attached hydrogens (tertiary/aromatic N) is 2. The molecule has 1 aliphatic heterocycles. The van der Waals surface area contributed by atoms with Gasteiger partial charge in [-0.15, -0.1) is 0 Å². The van der Waals surface area contributed by atoms with Crippen molar-refractivity contribution in [2.75, 3.05) is 26.2 Å². The molecule has 1 aliphatic rings. The van der Waals surface area contributed by atoms with Crippen LogP contribution in [0.1, 0.15) is 20.3 Å². The first kappa shape index (κ1) is 10.0. The van der Waals surface area contributed by atoms with Gasteiger partial charge >= 0.3 is 0 Å². The molecule has 0 N–H and O–H groups in total. The van der Waals surface area contributed by atoms with Gasteiger partial charge in [0.25, 0.3) is 0 Å². The lowest BCUT2D eigenvalue weighted by molar-refractivity contribution is -0.131. The zero-order valence-electron chi connectivity index (χ0n) is 8.25. The van der Waals surface area contributed by atoms with Crippen molar-refractivity contribution in [3.63, 3.8) is 0 Å². The molecule has 0 atom stereocenters. The van der Waals surface area contributed by atoms with Gasteiger partial charge in [0, 0.05) is 40.0 Å². The summed E-state index contributed by atoms with van der Waals surface area (Å²) in [6.07, 6.45) is 0.888. The fourth-order valence-corrected chi connectivity index (χ4v) is 1.55. The van der Waals surface area contributed by atoms with E-state index in [1.165, 1.54) is 0 Å². The molecule has 13 heavy (non-hydrogen) atoms. The van der Waals surface area contributed by atoms with Crippen molar-refractivity contribution in [2.45, 2.75) is 20.3 Å². The lowest BCUT2D eigenvalue weighted by atomic mass is 10.4. The number of carbonyl (C=O) groups is 2. The van der Waals surface area contributed by atoms with E-state index in [1.54, 1.807) is 23.6 Å². The minimum atomic E-state index is 0.102. The van der Waals surface area contributed by atoms with Crippen LogP contribution in [0, 0.1) is 0 Å². The van der Waals surface area contributed by atoms with Crippen LogP contribution < -0.4 is 0 Å². The lowest BCUT2D eigenvalue weighted by Crippen LogP contribution is -2.35. The molecular formula is C9H16N2O2. The minimum absolute atomic E-state index is 0.102. The molecule has 0 radical (unpaired) electrons. The molecule has 1 rings (SSSR count). The Morgan fingerprint density at radius 2 is 1.23 bits per heavy atom. The highest BCUT2D eigenvalue weighted by atomic mass is 16.2. The molecule has 0 spiro atoms. The molecule has 1 saturated heterocycles. The molecule has 0 aromatic rings. The molecule has 4 heteroatoms. The molecule has 74 valence electrons. The van der Waals surface area contributed by atoms with E-state index in [9.17, 15) is 9.59 Å². The Bertz CT molecular complexity index is 194. The Kier molecular flexibility index (Phi) is 3.28. The molecule has 0 bridgehead atoms. The summed E-state index contributed by atoms with van der Waals surface area (Å²) < 4.78 is 0. The third-order valence-corrected chi connectivity index (χ3v) is 2.39. The van der Waals surface area contributed by atoms with Gasteiger partial charge in [-0.3, -0.25) is 9.59 Å². The summed E-state index contributed by atoms with van der Waals surface area (Å²) in [5.41, 5.74) is 0. The van der Waals surface area contributed by atoms with E-state index in [2.05, 4.69) is 0 Å². The second-order valence-corrected chi connectivity index (χ2v) is 3.37. The summed E-state index contributed by atoms with van der Waals surface area (Å²) in [4.78, 5) is 25.7. The summed E-state index contributed by atoms with van der Waals surface area (Å²) in [5, 5.41) is 0. The fraction of sp³-hybridized carbons (Fsp3) is 0.778. The molecule has 0 saturated carbocycles. The average molecular weight is 184 g/mol. The first-order valence-corrected chi connectivity index (χ1v) is 4.62. The standard InChI is InChI=1S/C9H16N2O2/c1-8(12)10-4-3-5-11(7-6-10)9(2)13/h3-7H2,1-2H3. The zero-order chi connectivity index (χ0) is 9.84. The number of hydrogen-bond donors (Lipinski definition) is 0. The molecule has 0 aliphatic carbocycles. The van der Waals surface area contributed by atoms with E-state index >= 15 is 0 Å². The topological polar surface area (TPSA) is 40.6 Å². The van der Waals surface area contributed by atoms with Crippen molar-refractivity contribution in [3.05, 3.63) is 0 Å².